The quantitative estimate of drug-likeness (QED) is 0.471. The number of hydrogen-bond acceptors (Lipinski definition) is 2. The Kier molecular flexibility index (Phi) is 2.98. The molecule has 2 aromatic heterocycles. The highest BCUT2D eigenvalue weighted by Gasteiger charge is 2.21. The molecular formula is C19H17N2S+. The van der Waals surface area contributed by atoms with Crippen molar-refractivity contribution in [1.29, 1.82) is 0 Å². The van der Waals surface area contributed by atoms with Crippen LogP contribution in [0, 0.1) is 13.8 Å². The van der Waals surface area contributed by atoms with Gasteiger partial charge in [-0.15, -0.1) is 11.3 Å². The molecule has 0 fully saturated rings. The first-order valence-electron chi connectivity index (χ1n) is 7.39. The normalized spacial score (nSPS) is 11.4. The third-order valence-electron chi connectivity index (χ3n) is 4.21. The summed E-state index contributed by atoms with van der Waals surface area (Å²) in [7, 11) is 2.07. The Morgan fingerprint density at radius 1 is 0.909 bits per heavy atom. The fourth-order valence-electron chi connectivity index (χ4n) is 3.05. The molecule has 4 rings (SSSR count). The first-order valence-corrected chi connectivity index (χ1v) is 8.21. The van der Waals surface area contributed by atoms with Crippen molar-refractivity contribution in [2.75, 3.05) is 0 Å². The fourth-order valence-corrected chi connectivity index (χ4v) is 4.37. The molecule has 108 valence electrons. The van der Waals surface area contributed by atoms with Gasteiger partial charge < -0.3 is 0 Å². The van der Waals surface area contributed by atoms with Gasteiger partial charge in [0.2, 0.25) is 5.52 Å². The number of hydrogen-bond donors (Lipinski definition) is 0. The predicted molar refractivity (Wildman–Crippen MR) is 93.2 cm³/mol. The number of aryl methyl sites for hydroxylation is 3. The van der Waals surface area contributed by atoms with E-state index >= 15 is 0 Å². The van der Waals surface area contributed by atoms with Crippen molar-refractivity contribution in [3.05, 3.63) is 59.9 Å². The van der Waals surface area contributed by atoms with Gasteiger partial charge in [-0.3, -0.25) is 0 Å². The highest BCUT2D eigenvalue weighted by atomic mass is 32.1. The maximum Gasteiger partial charge on any atom is 0.287 e. The predicted octanol–water partition coefficient (Wildman–Crippen LogP) is 4.56. The standard InChI is InChI=1S/C19H17N2S/c1-12-7-4-5-9-14(12)17-19-16(20-11-21(17)3)15-10-6-8-13(2)18(15)22-19/h4-11H,1-3H3/q+1. The van der Waals surface area contributed by atoms with E-state index in [-0.39, 0.29) is 0 Å². The molecule has 2 aromatic carbocycles. The number of fused-ring (bicyclic) bond motifs is 3. The Morgan fingerprint density at radius 2 is 1.68 bits per heavy atom. The summed E-state index contributed by atoms with van der Waals surface area (Å²) in [4.78, 5) is 4.70. The van der Waals surface area contributed by atoms with Crippen LogP contribution in [-0.4, -0.2) is 4.98 Å². The average molecular weight is 305 g/mol. The summed E-state index contributed by atoms with van der Waals surface area (Å²) in [6, 6.07) is 15.0. The van der Waals surface area contributed by atoms with E-state index in [2.05, 4.69) is 67.9 Å². The summed E-state index contributed by atoms with van der Waals surface area (Å²) in [6.07, 6.45) is 1.93. The minimum atomic E-state index is 1.11. The summed E-state index contributed by atoms with van der Waals surface area (Å²) in [6.45, 7) is 4.34. The van der Waals surface area contributed by atoms with E-state index in [1.54, 1.807) is 0 Å². The summed E-state index contributed by atoms with van der Waals surface area (Å²) in [5.41, 5.74) is 6.25. The lowest BCUT2D eigenvalue weighted by Gasteiger charge is -2.06. The monoisotopic (exact) mass is 305 g/mol. The third-order valence-corrected chi connectivity index (χ3v) is 5.55. The smallest absolute Gasteiger partial charge is 0.231 e. The van der Waals surface area contributed by atoms with Crippen LogP contribution in [0.3, 0.4) is 0 Å². The van der Waals surface area contributed by atoms with Crippen molar-refractivity contribution < 1.29 is 4.57 Å². The van der Waals surface area contributed by atoms with E-state index in [1.807, 2.05) is 17.7 Å². The van der Waals surface area contributed by atoms with Crippen LogP contribution < -0.4 is 4.57 Å². The number of rotatable bonds is 1. The van der Waals surface area contributed by atoms with E-state index in [0.29, 0.717) is 0 Å². The van der Waals surface area contributed by atoms with Gasteiger partial charge >= 0.3 is 0 Å². The molecule has 0 saturated heterocycles. The van der Waals surface area contributed by atoms with Crippen molar-refractivity contribution in [2.45, 2.75) is 13.8 Å². The largest absolute Gasteiger partial charge is 0.287 e. The van der Waals surface area contributed by atoms with Crippen LogP contribution in [0.15, 0.2) is 48.8 Å². The second-order valence-corrected chi connectivity index (χ2v) is 6.77. The number of aromatic nitrogens is 2. The number of nitrogens with zero attached hydrogens (tertiary/aromatic N) is 2. The molecule has 0 spiro atoms. The first-order chi connectivity index (χ1) is 10.7. The van der Waals surface area contributed by atoms with Crippen molar-refractivity contribution >= 4 is 31.6 Å². The second kappa shape index (κ2) is 4.89. The maximum absolute atomic E-state index is 4.70. The van der Waals surface area contributed by atoms with Gasteiger partial charge in [-0.2, -0.15) is 0 Å². The van der Waals surface area contributed by atoms with Crippen molar-refractivity contribution in [2.24, 2.45) is 7.05 Å². The molecule has 0 aliphatic rings. The lowest BCUT2D eigenvalue weighted by Crippen LogP contribution is -2.31. The molecule has 0 atom stereocenters. The molecule has 0 aliphatic heterocycles. The van der Waals surface area contributed by atoms with E-state index < -0.39 is 0 Å². The summed E-state index contributed by atoms with van der Waals surface area (Å²) >= 11 is 1.85. The lowest BCUT2D eigenvalue weighted by molar-refractivity contribution is -0.662. The van der Waals surface area contributed by atoms with Gasteiger partial charge in [-0.05, 0) is 36.0 Å². The number of thiophene rings is 1. The topological polar surface area (TPSA) is 16.8 Å². The lowest BCUT2D eigenvalue weighted by atomic mass is 10.0. The van der Waals surface area contributed by atoms with Crippen LogP contribution in [0.4, 0.5) is 0 Å². The van der Waals surface area contributed by atoms with Gasteiger partial charge in [-0.1, -0.05) is 36.4 Å². The molecule has 4 aromatic rings. The van der Waals surface area contributed by atoms with E-state index in [1.165, 1.54) is 37.2 Å². The molecule has 0 N–H and O–H groups in total. The maximum atomic E-state index is 4.70. The molecule has 2 heterocycles. The van der Waals surface area contributed by atoms with E-state index in [4.69, 9.17) is 4.98 Å². The molecule has 0 bridgehead atoms. The number of benzene rings is 2. The third kappa shape index (κ3) is 1.86. The van der Waals surface area contributed by atoms with Gasteiger partial charge in [0.15, 0.2) is 5.69 Å². The molecule has 3 heteroatoms. The highest BCUT2D eigenvalue weighted by molar-refractivity contribution is 7.26. The molecule has 0 aliphatic carbocycles. The van der Waals surface area contributed by atoms with E-state index in [0.717, 1.165) is 5.52 Å². The second-order valence-electron chi connectivity index (χ2n) is 5.75. The van der Waals surface area contributed by atoms with E-state index in [9.17, 15) is 0 Å². The molecule has 0 radical (unpaired) electrons. The SMILES string of the molecule is Cc1ccccc1-c1c2sc3c(C)cccc3c2nc[n+]1C. The Hall–Kier alpha value is -2.26. The summed E-state index contributed by atoms with van der Waals surface area (Å²) in [5, 5.41) is 1.26. The fraction of sp³-hybridized carbons (Fsp3) is 0.158. The zero-order chi connectivity index (χ0) is 15.3. The van der Waals surface area contributed by atoms with Gasteiger partial charge in [0.1, 0.15) is 4.70 Å². The van der Waals surface area contributed by atoms with Gasteiger partial charge in [0, 0.05) is 15.6 Å². The molecular weight excluding hydrogens is 288 g/mol. The van der Waals surface area contributed by atoms with Crippen LogP contribution in [0.25, 0.3) is 31.6 Å². The minimum Gasteiger partial charge on any atom is -0.231 e. The molecule has 0 amide bonds. The summed E-state index contributed by atoms with van der Waals surface area (Å²) in [5.74, 6) is 0. The van der Waals surface area contributed by atoms with Crippen LogP contribution in [0.1, 0.15) is 11.1 Å². The first kappa shape index (κ1) is 13.4. The molecule has 0 unspecified atom stereocenters. The summed E-state index contributed by atoms with van der Waals surface area (Å²) < 4.78 is 4.74. The Labute approximate surface area is 133 Å². The van der Waals surface area contributed by atoms with Crippen LogP contribution in [0.2, 0.25) is 0 Å². The molecule has 0 saturated carbocycles. The minimum absolute atomic E-state index is 1.11. The highest BCUT2D eigenvalue weighted by Crippen LogP contribution is 2.38. The zero-order valence-electron chi connectivity index (χ0n) is 12.9. The van der Waals surface area contributed by atoms with Crippen molar-refractivity contribution in [3.63, 3.8) is 0 Å². The van der Waals surface area contributed by atoms with Gasteiger partial charge in [-0.25, -0.2) is 4.57 Å². The average Bonchev–Trinajstić information content (AvgIpc) is 2.88. The Morgan fingerprint density at radius 3 is 2.50 bits per heavy atom. The van der Waals surface area contributed by atoms with Gasteiger partial charge in [0.25, 0.3) is 6.33 Å². The zero-order valence-corrected chi connectivity index (χ0v) is 13.7. The Balaban J connectivity index is 2.19. The molecule has 22 heavy (non-hydrogen) atoms. The molecule has 2 nitrogen and oxygen atoms in total. The van der Waals surface area contributed by atoms with Crippen LogP contribution >= 0.6 is 11.3 Å². The van der Waals surface area contributed by atoms with Crippen molar-refractivity contribution in [3.8, 4) is 11.3 Å². The van der Waals surface area contributed by atoms with Crippen LogP contribution in [0.5, 0.6) is 0 Å². The Bertz CT molecular complexity index is 1010. The van der Waals surface area contributed by atoms with Gasteiger partial charge in [0.05, 0.1) is 7.05 Å². The van der Waals surface area contributed by atoms with Crippen LogP contribution in [-0.2, 0) is 7.05 Å². The van der Waals surface area contributed by atoms with Crippen molar-refractivity contribution in [1.82, 2.24) is 4.98 Å².